The Morgan fingerprint density at radius 1 is 1.64 bits per heavy atom. The maximum atomic E-state index is 11.3. The molecule has 1 aromatic rings. The maximum Gasteiger partial charge on any atom is 0.265 e. The lowest BCUT2D eigenvalue weighted by Gasteiger charge is -2.08. The minimum absolute atomic E-state index is 0.0301. The molecule has 0 radical (unpaired) electrons. The van der Waals surface area contributed by atoms with Crippen LogP contribution in [0.3, 0.4) is 0 Å². The van der Waals surface area contributed by atoms with Crippen molar-refractivity contribution in [1.29, 1.82) is 0 Å². The lowest BCUT2D eigenvalue weighted by molar-refractivity contribution is 0.0833. The third-order valence-electron chi connectivity index (χ3n) is 1.30. The highest BCUT2D eigenvalue weighted by molar-refractivity contribution is 7.12. The Labute approximate surface area is 69.4 Å². The highest BCUT2D eigenvalue weighted by Gasteiger charge is 2.11. The van der Waals surface area contributed by atoms with Crippen molar-refractivity contribution in [2.45, 2.75) is 0 Å². The lowest BCUT2D eigenvalue weighted by Crippen LogP contribution is -2.21. The summed E-state index contributed by atoms with van der Waals surface area (Å²) >= 11 is 1.37. The van der Waals surface area contributed by atoms with Crippen LogP contribution in [0.1, 0.15) is 9.67 Å². The molecule has 1 amide bonds. The molecule has 0 saturated carbocycles. The highest BCUT2D eigenvalue weighted by Crippen LogP contribution is 2.19. The topological polar surface area (TPSA) is 46.3 Å². The molecule has 0 unspecified atom stereocenters. The van der Waals surface area contributed by atoms with Gasteiger partial charge in [0.2, 0.25) is 0 Å². The zero-order valence-electron chi connectivity index (χ0n) is 6.50. The largest absolute Gasteiger partial charge is 0.397 e. The Balaban J connectivity index is 2.93. The first-order valence-corrected chi connectivity index (χ1v) is 4.05. The summed E-state index contributed by atoms with van der Waals surface area (Å²) in [5, 5.41) is 1.81. The SMILES string of the molecule is CN(C)C(=O)c1sccc1N. The summed E-state index contributed by atoms with van der Waals surface area (Å²) in [7, 11) is 3.42. The van der Waals surface area contributed by atoms with Gasteiger partial charge in [-0.15, -0.1) is 11.3 Å². The third-order valence-corrected chi connectivity index (χ3v) is 2.21. The Morgan fingerprint density at radius 2 is 2.27 bits per heavy atom. The van der Waals surface area contributed by atoms with Crippen molar-refractivity contribution in [2.24, 2.45) is 0 Å². The normalized spacial score (nSPS) is 9.64. The Hall–Kier alpha value is -1.03. The number of nitrogen functional groups attached to an aromatic ring is 1. The van der Waals surface area contributed by atoms with Crippen LogP contribution in [0, 0.1) is 0 Å². The van der Waals surface area contributed by atoms with Gasteiger partial charge < -0.3 is 10.6 Å². The molecule has 60 valence electrons. The van der Waals surface area contributed by atoms with E-state index in [4.69, 9.17) is 5.73 Å². The second kappa shape index (κ2) is 2.92. The van der Waals surface area contributed by atoms with Gasteiger partial charge in [0.25, 0.3) is 5.91 Å². The number of carbonyl (C=O) groups excluding carboxylic acids is 1. The number of hydrogen-bond donors (Lipinski definition) is 1. The van der Waals surface area contributed by atoms with Gasteiger partial charge in [0.15, 0.2) is 0 Å². The van der Waals surface area contributed by atoms with E-state index in [2.05, 4.69) is 0 Å². The molecule has 0 atom stereocenters. The van der Waals surface area contributed by atoms with E-state index in [0.717, 1.165) is 0 Å². The molecule has 3 nitrogen and oxygen atoms in total. The van der Waals surface area contributed by atoms with Crippen LogP contribution >= 0.6 is 11.3 Å². The van der Waals surface area contributed by atoms with E-state index in [1.807, 2.05) is 5.38 Å². The van der Waals surface area contributed by atoms with Crippen molar-refractivity contribution >= 4 is 22.9 Å². The fourth-order valence-corrected chi connectivity index (χ4v) is 1.53. The predicted octanol–water partition coefficient (Wildman–Crippen LogP) is 1.03. The Bertz CT molecular complexity index is 267. The summed E-state index contributed by atoms with van der Waals surface area (Å²) in [6, 6.07) is 1.74. The summed E-state index contributed by atoms with van der Waals surface area (Å²) in [6.45, 7) is 0. The number of nitrogens with zero attached hydrogens (tertiary/aromatic N) is 1. The van der Waals surface area contributed by atoms with Crippen LogP contribution in [0.4, 0.5) is 5.69 Å². The van der Waals surface area contributed by atoms with Gasteiger partial charge in [-0.05, 0) is 11.4 Å². The molecule has 4 heteroatoms. The first-order valence-electron chi connectivity index (χ1n) is 3.17. The second-order valence-corrected chi connectivity index (χ2v) is 3.32. The minimum atomic E-state index is -0.0301. The summed E-state index contributed by atoms with van der Waals surface area (Å²) in [6.07, 6.45) is 0. The van der Waals surface area contributed by atoms with Gasteiger partial charge in [-0.2, -0.15) is 0 Å². The zero-order valence-corrected chi connectivity index (χ0v) is 7.31. The van der Waals surface area contributed by atoms with E-state index < -0.39 is 0 Å². The number of thiophene rings is 1. The van der Waals surface area contributed by atoms with Crippen molar-refractivity contribution in [2.75, 3.05) is 19.8 Å². The third kappa shape index (κ3) is 1.51. The Morgan fingerprint density at radius 3 is 2.64 bits per heavy atom. The van der Waals surface area contributed by atoms with Gasteiger partial charge in [-0.1, -0.05) is 0 Å². The lowest BCUT2D eigenvalue weighted by atomic mass is 10.4. The van der Waals surface area contributed by atoms with E-state index >= 15 is 0 Å². The number of anilines is 1. The number of nitrogens with two attached hydrogens (primary N) is 1. The molecule has 0 aliphatic heterocycles. The summed E-state index contributed by atoms with van der Waals surface area (Å²) in [4.78, 5) is 13.4. The summed E-state index contributed by atoms with van der Waals surface area (Å²) in [5.41, 5.74) is 6.11. The van der Waals surface area contributed by atoms with Crippen molar-refractivity contribution in [1.82, 2.24) is 4.90 Å². The van der Waals surface area contributed by atoms with Crippen molar-refractivity contribution in [3.63, 3.8) is 0 Å². The fourth-order valence-electron chi connectivity index (χ4n) is 0.696. The monoisotopic (exact) mass is 170 g/mol. The molecule has 1 aromatic heterocycles. The molecule has 11 heavy (non-hydrogen) atoms. The van der Waals surface area contributed by atoms with Gasteiger partial charge in [0, 0.05) is 14.1 Å². The molecule has 0 aliphatic rings. The van der Waals surface area contributed by atoms with Gasteiger partial charge in [-0.3, -0.25) is 4.79 Å². The fraction of sp³-hybridized carbons (Fsp3) is 0.286. The molecule has 1 rings (SSSR count). The smallest absolute Gasteiger partial charge is 0.265 e. The van der Waals surface area contributed by atoms with Gasteiger partial charge in [0.1, 0.15) is 4.88 Å². The summed E-state index contributed by atoms with van der Waals surface area (Å²) < 4.78 is 0. The van der Waals surface area contributed by atoms with Crippen LogP contribution < -0.4 is 5.73 Å². The van der Waals surface area contributed by atoms with E-state index in [9.17, 15) is 4.79 Å². The number of rotatable bonds is 1. The van der Waals surface area contributed by atoms with E-state index in [0.29, 0.717) is 10.6 Å². The standard InChI is InChI=1S/C7H10N2OS/c1-9(2)7(10)6-5(8)3-4-11-6/h3-4H,8H2,1-2H3. The predicted molar refractivity (Wildman–Crippen MR) is 46.7 cm³/mol. The first kappa shape index (κ1) is 8.07. The van der Waals surface area contributed by atoms with Crippen LogP contribution in [0.25, 0.3) is 0 Å². The quantitative estimate of drug-likeness (QED) is 0.684. The van der Waals surface area contributed by atoms with Crippen LogP contribution in [0.5, 0.6) is 0 Å². The molecule has 1 heterocycles. The highest BCUT2D eigenvalue weighted by atomic mass is 32.1. The van der Waals surface area contributed by atoms with Gasteiger partial charge in [-0.25, -0.2) is 0 Å². The molecule has 0 aromatic carbocycles. The van der Waals surface area contributed by atoms with Crippen molar-refractivity contribution in [3.8, 4) is 0 Å². The van der Waals surface area contributed by atoms with E-state index in [-0.39, 0.29) is 5.91 Å². The summed E-state index contributed by atoms with van der Waals surface area (Å²) in [5.74, 6) is -0.0301. The van der Waals surface area contributed by atoms with Gasteiger partial charge >= 0.3 is 0 Å². The average molecular weight is 170 g/mol. The molecular weight excluding hydrogens is 160 g/mol. The van der Waals surface area contributed by atoms with Crippen molar-refractivity contribution < 1.29 is 4.79 Å². The maximum absolute atomic E-state index is 11.3. The van der Waals surface area contributed by atoms with E-state index in [1.165, 1.54) is 16.2 Å². The van der Waals surface area contributed by atoms with Crippen LogP contribution in [0.15, 0.2) is 11.4 Å². The average Bonchev–Trinajstić information content (AvgIpc) is 2.33. The van der Waals surface area contributed by atoms with Crippen molar-refractivity contribution in [3.05, 3.63) is 16.3 Å². The molecular formula is C7H10N2OS. The first-order chi connectivity index (χ1) is 5.13. The molecule has 0 bridgehead atoms. The van der Waals surface area contributed by atoms with E-state index in [1.54, 1.807) is 20.2 Å². The molecule has 2 N–H and O–H groups in total. The zero-order chi connectivity index (χ0) is 8.43. The van der Waals surface area contributed by atoms with Crippen LogP contribution in [-0.4, -0.2) is 24.9 Å². The second-order valence-electron chi connectivity index (χ2n) is 2.40. The number of carbonyl (C=O) groups is 1. The molecule has 0 aliphatic carbocycles. The van der Waals surface area contributed by atoms with Crippen LogP contribution in [-0.2, 0) is 0 Å². The molecule has 0 spiro atoms. The minimum Gasteiger partial charge on any atom is -0.397 e. The number of hydrogen-bond acceptors (Lipinski definition) is 3. The van der Waals surface area contributed by atoms with Crippen LogP contribution in [0.2, 0.25) is 0 Å². The Kier molecular flexibility index (Phi) is 2.14. The molecule has 0 fully saturated rings. The van der Waals surface area contributed by atoms with Gasteiger partial charge in [0.05, 0.1) is 5.69 Å². The number of amides is 1. The molecule has 0 saturated heterocycles.